The average molecular weight is 186 g/mol. The van der Waals surface area contributed by atoms with E-state index in [4.69, 9.17) is 5.21 Å². The van der Waals surface area contributed by atoms with Crippen LogP contribution in [0.2, 0.25) is 0 Å². The number of benzene rings is 1. The lowest BCUT2D eigenvalue weighted by Gasteiger charge is -2.03. The van der Waals surface area contributed by atoms with E-state index in [1.54, 1.807) is 19.3 Å². The average Bonchev–Trinajstić information content (AvgIpc) is 2.27. The van der Waals surface area contributed by atoms with Gasteiger partial charge < -0.3 is 5.21 Å². The van der Waals surface area contributed by atoms with Crippen molar-refractivity contribution in [3.05, 3.63) is 42.2 Å². The van der Waals surface area contributed by atoms with Crippen molar-refractivity contribution in [1.29, 1.82) is 0 Å². The highest BCUT2D eigenvalue weighted by Crippen LogP contribution is 2.17. The van der Waals surface area contributed by atoms with Gasteiger partial charge >= 0.3 is 0 Å². The Hall–Kier alpha value is -1.90. The second kappa shape index (κ2) is 3.46. The monoisotopic (exact) mass is 186 g/mol. The van der Waals surface area contributed by atoms with Crippen molar-refractivity contribution in [3.63, 3.8) is 0 Å². The van der Waals surface area contributed by atoms with Gasteiger partial charge in [-0.05, 0) is 12.3 Å². The second-order valence-corrected chi connectivity index (χ2v) is 3.09. The molecule has 1 aromatic carbocycles. The van der Waals surface area contributed by atoms with Crippen molar-refractivity contribution < 1.29 is 5.21 Å². The van der Waals surface area contributed by atoms with Crippen LogP contribution in [0.5, 0.6) is 0 Å². The van der Waals surface area contributed by atoms with Crippen LogP contribution in [0.4, 0.5) is 0 Å². The summed E-state index contributed by atoms with van der Waals surface area (Å²) in [5.41, 5.74) is 1.44. The largest absolute Gasteiger partial charge is 0.411 e. The molecule has 2 aromatic rings. The third-order valence-corrected chi connectivity index (χ3v) is 2.21. The molecule has 0 radical (unpaired) electrons. The van der Waals surface area contributed by atoms with Crippen molar-refractivity contribution >= 4 is 16.5 Å². The molecule has 0 bridgehead atoms. The fourth-order valence-electron chi connectivity index (χ4n) is 1.46. The highest BCUT2D eigenvalue weighted by atomic mass is 16.4. The first-order chi connectivity index (χ1) is 6.83. The molecule has 0 saturated carbocycles. The number of nitrogens with zero attached hydrogens (tertiary/aromatic N) is 2. The minimum atomic E-state index is 0.578. The fourth-order valence-corrected chi connectivity index (χ4v) is 1.46. The summed E-state index contributed by atoms with van der Waals surface area (Å²) in [6, 6.07) is 7.88. The summed E-state index contributed by atoms with van der Waals surface area (Å²) in [5.74, 6) is 0. The molecule has 1 heterocycles. The molecule has 1 N–H and O–H groups in total. The predicted octanol–water partition coefficient (Wildman–Crippen LogP) is 2.43. The van der Waals surface area contributed by atoms with E-state index in [-0.39, 0.29) is 0 Å². The summed E-state index contributed by atoms with van der Waals surface area (Å²) >= 11 is 0. The number of aromatic nitrogens is 1. The first-order valence-electron chi connectivity index (χ1n) is 4.34. The maximum atomic E-state index is 8.71. The van der Waals surface area contributed by atoms with Gasteiger partial charge in [0.25, 0.3) is 0 Å². The lowest BCUT2D eigenvalue weighted by Crippen LogP contribution is -1.96. The van der Waals surface area contributed by atoms with Crippen LogP contribution in [0.1, 0.15) is 12.5 Å². The van der Waals surface area contributed by atoms with E-state index >= 15 is 0 Å². The van der Waals surface area contributed by atoms with Gasteiger partial charge in [0, 0.05) is 23.3 Å². The Balaban J connectivity index is 2.77. The first-order valence-corrected chi connectivity index (χ1v) is 4.34. The van der Waals surface area contributed by atoms with Crippen LogP contribution >= 0.6 is 0 Å². The number of oxime groups is 1. The highest BCUT2D eigenvalue weighted by Gasteiger charge is 2.03. The quantitative estimate of drug-likeness (QED) is 0.422. The number of pyridine rings is 1. The molecule has 0 aliphatic carbocycles. The van der Waals surface area contributed by atoms with Crippen LogP contribution in [0.25, 0.3) is 10.8 Å². The Kier molecular flexibility index (Phi) is 2.14. The maximum absolute atomic E-state index is 8.71. The van der Waals surface area contributed by atoms with Crippen LogP contribution in [-0.4, -0.2) is 15.9 Å². The zero-order chi connectivity index (χ0) is 9.97. The zero-order valence-corrected chi connectivity index (χ0v) is 7.81. The summed E-state index contributed by atoms with van der Waals surface area (Å²) < 4.78 is 0. The van der Waals surface area contributed by atoms with Crippen LogP contribution in [0.3, 0.4) is 0 Å². The van der Waals surface area contributed by atoms with Gasteiger partial charge in [0.2, 0.25) is 0 Å². The van der Waals surface area contributed by atoms with Gasteiger partial charge in [-0.3, -0.25) is 4.98 Å². The third kappa shape index (κ3) is 1.33. The van der Waals surface area contributed by atoms with E-state index in [1.807, 2.05) is 24.3 Å². The zero-order valence-electron chi connectivity index (χ0n) is 7.81. The number of hydrogen-bond acceptors (Lipinski definition) is 3. The summed E-state index contributed by atoms with van der Waals surface area (Å²) in [4.78, 5) is 4.09. The Bertz CT molecular complexity index is 486. The molecule has 0 saturated heterocycles. The number of hydrogen-bond donors (Lipinski definition) is 1. The van der Waals surface area contributed by atoms with Gasteiger partial charge in [0.1, 0.15) is 0 Å². The molecule has 0 unspecified atom stereocenters. The lowest BCUT2D eigenvalue weighted by molar-refractivity contribution is 0.319. The Morgan fingerprint density at radius 2 is 2.07 bits per heavy atom. The SMILES string of the molecule is C/C(=N\O)c1cncc2ccccc12. The smallest absolute Gasteiger partial charge is 0.0858 e. The molecule has 0 aliphatic rings. The molecule has 1 aromatic heterocycles. The van der Waals surface area contributed by atoms with E-state index in [2.05, 4.69) is 10.1 Å². The number of rotatable bonds is 1. The normalized spacial score (nSPS) is 11.9. The van der Waals surface area contributed by atoms with Crippen LogP contribution in [0, 0.1) is 0 Å². The lowest BCUT2D eigenvalue weighted by atomic mass is 10.1. The van der Waals surface area contributed by atoms with Gasteiger partial charge in [-0.2, -0.15) is 0 Å². The Morgan fingerprint density at radius 1 is 1.29 bits per heavy atom. The highest BCUT2D eigenvalue weighted by molar-refractivity contribution is 6.08. The number of fused-ring (bicyclic) bond motifs is 1. The molecule has 0 amide bonds. The van der Waals surface area contributed by atoms with Crippen molar-refractivity contribution in [2.45, 2.75) is 6.92 Å². The first kappa shape index (κ1) is 8.69. The summed E-state index contributed by atoms with van der Waals surface area (Å²) in [6.45, 7) is 1.75. The molecule has 0 fully saturated rings. The van der Waals surface area contributed by atoms with Crippen LogP contribution in [0.15, 0.2) is 41.8 Å². The minimum absolute atomic E-state index is 0.578. The molecule has 0 atom stereocenters. The van der Waals surface area contributed by atoms with Gasteiger partial charge in [0.05, 0.1) is 5.71 Å². The predicted molar refractivity (Wildman–Crippen MR) is 55.7 cm³/mol. The van der Waals surface area contributed by atoms with E-state index in [0.717, 1.165) is 16.3 Å². The maximum Gasteiger partial charge on any atom is 0.0858 e. The van der Waals surface area contributed by atoms with Crippen molar-refractivity contribution in [2.24, 2.45) is 5.16 Å². The summed E-state index contributed by atoms with van der Waals surface area (Å²) in [5, 5.41) is 14.0. The van der Waals surface area contributed by atoms with E-state index in [1.165, 1.54) is 0 Å². The van der Waals surface area contributed by atoms with Gasteiger partial charge in [0.15, 0.2) is 0 Å². The van der Waals surface area contributed by atoms with Crippen molar-refractivity contribution in [3.8, 4) is 0 Å². The molecular formula is C11H10N2O. The van der Waals surface area contributed by atoms with Crippen molar-refractivity contribution in [1.82, 2.24) is 4.98 Å². The third-order valence-electron chi connectivity index (χ3n) is 2.21. The van der Waals surface area contributed by atoms with Crippen LogP contribution < -0.4 is 0 Å². The second-order valence-electron chi connectivity index (χ2n) is 3.09. The van der Waals surface area contributed by atoms with Gasteiger partial charge in [-0.1, -0.05) is 29.4 Å². The summed E-state index contributed by atoms with van der Waals surface area (Å²) in [7, 11) is 0. The fraction of sp³-hybridized carbons (Fsp3) is 0.0909. The van der Waals surface area contributed by atoms with Gasteiger partial charge in [-0.25, -0.2) is 0 Å². The molecule has 3 heteroatoms. The molecular weight excluding hydrogens is 176 g/mol. The minimum Gasteiger partial charge on any atom is -0.411 e. The molecule has 3 nitrogen and oxygen atoms in total. The van der Waals surface area contributed by atoms with E-state index < -0.39 is 0 Å². The standard InChI is InChI=1S/C11H10N2O/c1-8(13-14)11-7-12-6-9-4-2-3-5-10(9)11/h2-7,14H,1H3/b13-8+. The Morgan fingerprint density at radius 3 is 2.86 bits per heavy atom. The Labute approximate surface area is 81.7 Å². The molecule has 70 valence electrons. The molecule has 0 spiro atoms. The van der Waals surface area contributed by atoms with Crippen molar-refractivity contribution in [2.75, 3.05) is 0 Å². The molecule has 14 heavy (non-hydrogen) atoms. The van der Waals surface area contributed by atoms with Gasteiger partial charge in [-0.15, -0.1) is 0 Å². The van der Waals surface area contributed by atoms with Crippen LogP contribution in [-0.2, 0) is 0 Å². The topological polar surface area (TPSA) is 45.5 Å². The van der Waals surface area contributed by atoms with E-state index in [0.29, 0.717) is 5.71 Å². The molecule has 0 aliphatic heterocycles. The summed E-state index contributed by atoms with van der Waals surface area (Å²) in [6.07, 6.45) is 3.50. The van der Waals surface area contributed by atoms with E-state index in [9.17, 15) is 0 Å². The molecule has 2 rings (SSSR count).